The van der Waals surface area contributed by atoms with Crippen LogP contribution in [0.5, 0.6) is 0 Å². The zero-order valence-electron chi connectivity index (χ0n) is 14.4. The Balaban J connectivity index is 1.24. The quantitative estimate of drug-likeness (QED) is 0.635. The molecule has 1 aliphatic heterocycles. The van der Waals surface area contributed by atoms with Crippen LogP contribution in [-0.4, -0.2) is 55.2 Å². The summed E-state index contributed by atoms with van der Waals surface area (Å²) in [6.45, 7) is 2.66. The molecule has 3 aromatic rings. The van der Waals surface area contributed by atoms with Gasteiger partial charge in [-0.05, 0) is 31.4 Å². The number of carbonyl (C=O) groups is 1. The maximum atomic E-state index is 12.2. The van der Waals surface area contributed by atoms with Crippen LogP contribution >= 0.6 is 0 Å². The van der Waals surface area contributed by atoms with Gasteiger partial charge in [0.25, 0.3) is 5.91 Å². The Bertz CT molecular complexity index is 882. The second-order valence-corrected chi connectivity index (χ2v) is 6.37. The first-order valence-corrected chi connectivity index (χ1v) is 8.88. The van der Waals surface area contributed by atoms with Crippen molar-refractivity contribution in [3.05, 3.63) is 36.2 Å². The molecule has 1 saturated heterocycles. The second-order valence-electron chi connectivity index (χ2n) is 6.37. The number of rotatable bonds is 7. The lowest BCUT2D eigenvalue weighted by Gasteiger charge is -2.07. The van der Waals surface area contributed by atoms with Gasteiger partial charge in [-0.2, -0.15) is 0 Å². The summed E-state index contributed by atoms with van der Waals surface area (Å²) in [6, 6.07) is 7.82. The van der Waals surface area contributed by atoms with Gasteiger partial charge in [0.15, 0.2) is 5.69 Å². The highest BCUT2D eigenvalue weighted by atomic mass is 16.5. The van der Waals surface area contributed by atoms with Crippen molar-refractivity contribution in [2.45, 2.75) is 38.5 Å². The van der Waals surface area contributed by atoms with E-state index in [9.17, 15) is 4.79 Å². The van der Waals surface area contributed by atoms with E-state index >= 15 is 0 Å². The number of nitrogens with one attached hydrogen (secondary N) is 1. The molecule has 1 fully saturated rings. The number of aryl methyl sites for hydroxylation is 1. The van der Waals surface area contributed by atoms with E-state index in [0.29, 0.717) is 25.3 Å². The summed E-state index contributed by atoms with van der Waals surface area (Å²) in [5.74, 6) is -0.216. The lowest BCUT2D eigenvalue weighted by molar-refractivity contribution is 0.0929. The number of ether oxygens (including phenoxy) is 1. The van der Waals surface area contributed by atoms with E-state index < -0.39 is 0 Å². The fourth-order valence-electron chi connectivity index (χ4n) is 3.09. The number of benzene rings is 1. The van der Waals surface area contributed by atoms with Crippen molar-refractivity contribution in [2.75, 3.05) is 13.2 Å². The van der Waals surface area contributed by atoms with Crippen LogP contribution in [0, 0.1) is 0 Å². The first kappa shape index (κ1) is 16.6. The fraction of sp³-hybridized carbons (Fsp3) is 0.471. The number of hydrogen-bond acceptors (Lipinski definition) is 6. The maximum Gasteiger partial charge on any atom is 0.273 e. The van der Waals surface area contributed by atoms with Crippen LogP contribution in [0.1, 0.15) is 29.8 Å². The number of para-hydroxylation sites is 1. The van der Waals surface area contributed by atoms with Gasteiger partial charge in [-0.1, -0.05) is 22.6 Å². The average molecular weight is 355 g/mol. The summed E-state index contributed by atoms with van der Waals surface area (Å²) in [5, 5.41) is 19.1. The first-order valence-electron chi connectivity index (χ1n) is 8.88. The van der Waals surface area contributed by atoms with Gasteiger partial charge >= 0.3 is 0 Å². The molecule has 1 N–H and O–H groups in total. The minimum Gasteiger partial charge on any atom is -0.376 e. The predicted molar refractivity (Wildman–Crippen MR) is 93.5 cm³/mol. The Morgan fingerprint density at radius 1 is 1.27 bits per heavy atom. The molecule has 26 heavy (non-hydrogen) atoms. The highest BCUT2D eigenvalue weighted by Crippen LogP contribution is 2.13. The van der Waals surface area contributed by atoms with Gasteiger partial charge in [0, 0.05) is 19.7 Å². The monoisotopic (exact) mass is 355 g/mol. The molecule has 3 heterocycles. The highest BCUT2D eigenvalue weighted by Gasteiger charge is 2.18. The standard InChI is InChI=1S/C17H21N7O2/c25-17(15-12-23(21-20-15)11-13-5-3-10-26-13)18-8-4-9-24-16-7-2-1-6-14(16)19-22-24/h1-2,6-7,12-13H,3-5,8-11H2,(H,18,25)/t13-/m0/s1. The van der Waals surface area contributed by atoms with Crippen LogP contribution in [0.15, 0.2) is 30.5 Å². The Labute approximate surface area is 150 Å². The van der Waals surface area contributed by atoms with Crippen LogP contribution in [0.25, 0.3) is 11.0 Å². The molecule has 0 unspecified atom stereocenters. The van der Waals surface area contributed by atoms with E-state index in [1.54, 1.807) is 10.9 Å². The van der Waals surface area contributed by atoms with E-state index in [4.69, 9.17) is 4.74 Å². The van der Waals surface area contributed by atoms with Gasteiger partial charge in [0.2, 0.25) is 0 Å². The summed E-state index contributed by atoms with van der Waals surface area (Å²) >= 11 is 0. The summed E-state index contributed by atoms with van der Waals surface area (Å²) < 4.78 is 9.09. The van der Waals surface area contributed by atoms with E-state index in [1.165, 1.54) is 0 Å². The minimum absolute atomic E-state index is 0.171. The van der Waals surface area contributed by atoms with Crippen molar-refractivity contribution < 1.29 is 9.53 Å². The van der Waals surface area contributed by atoms with Crippen molar-refractivity contribution >= 4 is 16.9 Å². The summed E-state index contributed by atoms with van der Waals surface area (Å²) in [4.78, 5) is 12.2. The first-order chi connectivity index (χ1) is 12.8. The third kappa shape index (κ3) is 3.72. The van der Waals surface area contributed by atoms with Gasteiger partial charge in [-0.25, -0.2) is 9.36 Å². The Kier molecular flexibility index (Phi) is 4.87. The van der Waals surface area contributed by atoms with E-state index in [0.717, 1.165) is 36.9 Å². The highest BCUT2D eigenvalue weighted by molar-refractivity contribution is 5.91. The zero-order chi connectivity index (χ0) is 17.8. The number of amides is 1. The second kappa shape index (κ2) is 7.61. The maximum absolute atomic E-state index is 12.2. The van der Waals surface area contributed by atoms with E-state index in [2.05, 4.69) is 25.9 Å². The number of carbonyl (C=O) groups excluding carboxylic acids is 1. The Hall–Kier alpha value is -2.81. The molecule has 136 valence electrons. The molecule has 0 spiro atoms. The topological polar surface area (TPSA) is 99.8 Å². The summed E-state index contributed by atoms with van der Waals surface area (Å²) in [6.07, 6.45) is 4.70. The third-order valence-electron chi connectivity index (χ3n) is 4.44. The van der Waals surface area contributed by atoms with Gasteiger partial charge < -0.3 is 10.1 Å². The van der Waals surface area contributed by atoms with Crippen molar-refractivity contribution in [1.82, 2.24) is 35.3 Å². The molecule has 0 bridgehead atoms. The van der Waals surface area contributed by atoms with E-state index in [1.807, 2.05) is 28.9 Å². The Morgan fingerprint density at radius 3 is 3.08 bits per heavy atom. The van der Waals surface area contributed by atoms with Crippen LogP contribution in [0.2, 0.25) is 0 Å². The van der Waals surface area contributed by atoms with Gasteiger partial charge in [-0.15, -0.1) is 10.2 Å². The molecule has 9 nitrogen and oxygen atoms in total. The van der Waals surface area contributed by atoms with Gasteiger partial charge in [-0.3, -0.25) is 4.79 Å². The molecule has 1 aliphatic rings. The summed E-state index contributed by atoms with van der Waals surface area (Å²) in [7, 11) is 0. The molecular formula is C17H21N7O2. The number of fused-ring (bicyclic) bond motifs is 1. The predicted octanol–water partition coefficient (Wildman–Crippen LogP) is 1.02. The third-order valence-corrected chi connectivity index (χ3v) is 4.44. The molecule has 4 rings (SSSR count). The van der Waals surface area contributed by atoms with Crippen molar-refractivity contribution in [1.29, 1.82) is 0 Å². The molecule has 1 amide bonds. The lowest BCUT2D eigenvalue weighted by atomic mass is 10.2. The number of nitrogens with zero attached hydrogens (tertiary/aromatic N) is 6. The van der Waals surface area contributed by atoms with Gasteiger partial charge in [0.1, 0.15) is 5.52 Å². The molecular weight excluding hydrogens is 334 g/mol. The Morgan fingerprint density at radius 2 is 2.19 bits per heavy atom. The van der Waals surface area contributed by atoms with Crippen molar-refractivity contribution in [3.63, 3.8) is 0 Å². The minimum atomic E-state index is -0.216. The molecule has 9 heteroatoms. The molecule has 0 radical (unpaired) electrons. The average Bonchev–Trinajstić information content (AvgIpc) is 3.40. The molecule has 0 aliphatic carbocycles. The SMILES string of the molecule is O=C(NCCCn1nnc2ccccc21)c1cn(C[C@@H]2CCCO2)nn1. The normalized spacial score (nSPS) is 17.0. The molecule has 1 aromatic carbocycles. The molecule has 2 aromatic heterocycles. The van der Waals surface area contributed by atoms with Crippen LogP contribution in [0.4, 0.5) is 0 Å². The number of aromatic nitrogens is 6. The van der Waals surface area contributed by atoms with Crippen LogP contribution in [0.3, 0.4) is 0 Å². The zero-order valence-corrected chi connectivity index (χ0v) is 14.4. The van der Waals surface area contributed by atoms with Gasteiger partial charge in [0.05, 0.1) is 24.4 Å². The van der Waals surface area contributed by atoms with Crippen molar-refractivity contribution in [3.8, 4) is 0 Å². The fourth-order valence-corrected chi connectivity index (χ4v) is 3.09. The van der Waals surface area contributed by atoms with Crippen molar-refractivity contribution in [2.24, 2.45) is 0 Å². The van der Waals surface area contributed by atoms with Crippen LogP contribution < -0.4 is 5.32 Å². The molecule has 1 atom stereocenters. The summed E-state index contributed by atoms with van der Waals surface area (Å²) in [5.41, 5.74) is 2.20. The lowest BCUT2D eigenvalue weighted by Crippen LogP contribution is -2.25. The van der Waals surface area contributed by atoms with Crippen LogP contribution in [-0.2, 0) is 17.8 Å². The smallest absolute Gasteiger partial charge is 0.273 e. The number of hydrogen-bond donors (Lipinski definition) is 1. The largest absolute Gasteiger partial charge is 0.376 e. The molecule has 0 saturated carbocycles. The van der Waals surface area contributed by atoms with E-state index in [-0.39, 0.29) is 12.0 Å².